The van der Waals surface area contributed by atoms with E-state index in [1.807, 2.05) is 34.1 Å². The summed E-state index contributed by atoms with van der Waals surface area (Å²) in [5.41, 5.74) is 0.678. The fourth-order valence-electron chi connectivity index (χ4n) is 3.98. The van der Waals surface area contributed by atoms with Crippen LogP contribution in [0, 0.1) is 5.92 Å². The molecule has 6 heteroatoms. The highest BCUT2D eigenvalue weighted by Gasteiger charge is 2.26. The van der Waals surface area contributed by atoms with Crippen molar-refractivity contribution in [1.29, 1.82) is 0 Å². The Hall–Kier alpha value is -2.76. The molecule has 3 heterocycles. The number of furan rings is 1. The molecule has 2 fully saturated rings. The number of hydrogen-bond donors (Lipinski definition) is 0. The molecule has 0 spiro atoms. The number of piperidine rings is 1. The highest BCUT2D eigenvalue weighted by Crippen LogP contribution is 2.22. The molecule has 1 aromatic carbocycles. The smallest absolute Gasteiger partial charge is 0.289 e. The van der Waals surface area contributed by atoms with E-state index in [1.165, 1.54) is 6.26 Å². The van der Waals surface area contributed by atoms with Crippen LogP contribution >= 0.6 is 0 Å². The maximum Gasteiger partial charge on any atom is 0.289 e. The molecule has 2 aromatic rings. The van der Waals surface area contributed by atoms with E-state index >= 15 is 0 Å². The van der Waals surface area contributed by atoms with Gasteiger partial charge in [-0.15, -0.1) is 0 Å². The number of carbonyl (C=O) groups excluding carboxylic acids is 2. The number of benzene rings is 1. The van der Waals surface area contributed by atoms with Crippen molar-refractivity contribution >= 4 is 11.8 Å². The average molecular weight is 382 g/mol. The average Bonchev–Trinajstić information content (AvgIpc) is 3.46. The van der Waals surface area contributed by atoms with Gasteiger partial charge in [-0.1, -0.05) is 6.07 Å². The van der Waals surface area contributed by atoms with Crippen molar-refractivity contribution < 1.29 is 18.7 Å². The van der Waals surface area contributed by atoms with Crippen LogP contribution in [0.25, 0.3) is 0 Å². The van der Waals surface area contributed by atoms with Crippen molar-refractivity contribution in [3.05, 3.63) is 54.0 Å². The first kappa shape index (κ1) is 18.6. The first-order valence-corrected chi connectivity index (χ1v) is 10.1. The lowest BCUT2D eigenvalue weighted by atomic mass is 9.98. The van der Waals surface area contributed by atoms with E-state index in [4.69, 9.17) is 9.15 Å². The molecule has 1 atom stereocenters. The maximum absolute atomic E-state index is 12.6. The van der Waals surface area contributed by atoms with E-state index in [1.54, 1.807) is 12.1 Å². The highest BCUT2D eigenvalue weighted by atomic mass is 16.5. The van der Waals surface area contributed by atoms with Gasteiger partial charge in [0.2, 0.25) is 0 Å². The molecule has 0 radical (unpaired) electrons. The van der Waals surface area contributed by atoms with Gasteiger partial charge in [-0.3, -0.25) is 9.59 Å². The van der Waals surface area contributed by atoms with Gasteiger partial charge in [0.25, 0.3) is 11.8 Å². The molecule has 2 amide bonds. The van der Waals surface area contributed by atoms with Crippen LogP contribution in [0.2, 0.25) is 0 Å². The second-order valence-corrected chi connectivity index (χ2v) is 7.57. The number of hydrogen-bond acceptors (Lipinski definition) is 4. The lowest BCUT2D eigenvalue weighted by Gasteiger charge is -2.32. The molecule has 4 rings (SSSR count). The normalized spacial score (nSPS) is 19.6. The fourth-order valence-corrected chi connectivity index (χ4v) is 3.98. The van der Waals surface area contributed by atoms with Gasteiger partial charge in [-0.2, -0.15) is 0 Å². The van der Waals surface area contributed by atoms with Crippen molar-refractivity contribution in [1.82, 2.24) is 9.80 Å². The number of rotatable bonds is 5. The zero-order valence-electron chi connectivity index (χ0n) is 16.0. The second-order valence-electron chi connectivity index (χ2n) is 7.57. The van der Waals surface area contributed by atoms with Gasteiger partial charge < -0.3 is 19.0 Å². The van der Waals surface area contributed by atoms with E-state index in [-0.39, 0.29) is 17.7 Å². The van der Waals surface area contributed by atoms with Crippen molar-refractivity contribution in [3.8, 4) is 5.75 Å². The van der Waals surface area contributed by atoms with Gasteiger partial charge in [-0.05, 0) is 56.0 Å². The van der Waals surface area contributed by atoms with Crippen LogP contribution in [-0.2, 0) is 0 Å². The summed E-state index contributed by atoms with van der Waals surface area (Å²) < 4.78 is 11.2. The van der Waals surface area contributed by atoms with Crippen LogP contribution in [0.4, 0.5) is 0 Å². The molecule has 2 saturated heterocycles. The van der Waals surface area contributed by atoms with Gasteiger partial charge in [-0.25, -0.2) is 0 Å². The Bertz CT molecular complexity index is 812. The Morgan fingerprint density at radius 2 is 1.82 bits per heavy atom. The minimum Gasteiger partial charge on any atom is -0.493 e. The summed E-state index contributed by atoms with van der Waals surface area (Å²) in [7, 11) is 0. The van der Waals surface area contributed by atoms with Gasteiger partial charge in [0.05, 0.1) is 12.9 Å². The molecule has 2 aliphatic heterocycles. The third kappa shape index (κ3) is 4.21. The zero-order chi connectivity index (χ0) is 19.3. The summed E-state index contributed by atoms with van der Waals surface area (Å²) in [5, 5.41) is 0. The predicted octanol–water partition coefficient (Wildman–Crippen LogP) is 3.45. The Morgan fingerprint density at radius 1 is 1.00 bits per heavy atom. The summed E-state index contributed by atoms with van der Waals surface area (Å²) in [6.07, 6.45) is 5.66. The van der Waals surface area contributed by atoms with Gasteiger partial charge in [0, 0.05) is 37.7 Å². The minimum absolute atomic E-state index is 0.0621. The molecule has 0 aliphatic carbocycles. The molecule has 1 aromatic heterocycles. The lowest BCUT2D eigenvalue weighted by molar-refractivity contribution is 0.0601. The molecule has 0 unspecified atom stereocenters. The number of likely N-dealkylation sites (tertiary alicyclic amines) is 2. The number of nitrogens with zero attached hydrogens (tertiary/aromatic N) is 2. The largest absolute Gasteiger partial charge is 0.493 e. The molecule has 2 aliphatic rings. The molecule has 0 N–H and O–H groups in total. The van der Waals surface area contributed by atoms with Crippen molar-refractivity contribution in [2.45, 2.75) is 25.7 Å². The van der Waals surface area contributed by atoms with Gasteiger partial charge >= 0.3 is 0 Å². The summed E-state index contributed by atoms with van der Waals surface area (Å²) in [6.45, 7) is 3.61. The van der Waals surface area contributed by atoms with E-state index in [2.05, 4.69) is 0 Å². The van der Waals surface area contributed by atoms with Crippen LogP contribution in [0.3, 0.4) is 0 Å². The van der Waals surface area contributed by atoms with Crippen LogP contribution in [0.5, 0.6) is 5.75 Å². The van der Waals surface area contributed by atoms with E-state index in [9.17, 15) is 9.59 Å². The lowest BCUT2D eigenvalue weighted by Crippen LogP contribution is -2.41. The molecular weight excluding hydrogens is 356 g/mol. The summed E-state index contributed by atoms with van der Waals surface area (Å²) in [4.78, 5) is 28.8. The number of amides is 2. The third-order valence-electron chi connectivity index (χ3n) is 5.50. The Morgan fingerprint density at radius 3 is 2.61 bits per heavy atom. The third-order valence-corrected chi connectivity index (χ3v) is 5.50. The number of ether oxygens (including phenoxy) is 1. The topological polar surface area (TPSA) is 63.0 Å². The van der Waals surface area contributed by atoms with E-state index < -0.39 is 0 Å². The fraction of sp³-hybridized carbons (Fsp3) is 0.455. The van der Waals surface area contributed by atoms with Crippen LogP contribution in [0.15, 0.2) is 47.1 Å². The summed E-state index contributed by atoms with van der Waals surface area (Å²) >= 11 is 0. The second kappa shape index (κ2) is 8.50. The Kier molecular flexibility index (Phi) is 5.65. The number of carbonyl (C=O) groups is 2. The Labute approximate surface area is 165 Å². The molecule has 6 nitrogen and oxygen atoms in total. The van der Waals surface area contributed by atoms with Crippen LogP contribution in [0.1, 0.15) is 46.6 Å². The predicted molar refractivity (Wildman–Crippen MR) is 104 cm³/mol. The van der Waals surface area contributed by atoms with Crippen molar-refractivity contribution in [2.75, 3.05) is 32.8 Å². The Balaban J connectivity index is 1.33. The standard InChI is InChI=1S/C22H26N2O4/c25-21(23-10-1-2-11-23)18-7-3-8-19(14-18)28-16-17-6-4-12-24(15-17)22(26)20-9-5-13-27-20/h3,5,7-9,13-14,17H,1-2,4,6,10-12,15-16H2/t17-/m1/s1. The quantitative estimate of drug-likeness (QED) is 0.795. The van der Waals surface area contributed by atoms with E-state index in [0.29, 0.717) is 30.2 Å². The zero-order valence-corrected chi connectivity index (χ0v) is 16.0. The molecule has 148 valence electrons. The van der Waals surface area contributed by atoms with Crippen LogP contribution < -0.4 is 4.74 Å². The first-order chi connectivity index (χ1) is 13.7. The van der Waals surface area contributed by atoms with E-state index in [0.717, 1.165) is 45.3 Å². The van der Waals surface area contributed by atoms with Crippen molar-refractivity contribution in [2.24, 2.45) is 5.92 Å². The molecule has 0 saturated carbocycles. The highest BCUT2D eigenvalue weighted by molar-refractivity contribution is 5.94. The van der Waals surface area contributed by atoms with Gasteiger partial charge in [0.1, 0.15) is 5.75 Å². The monoisotopic (exact) mass is 382 g/mol. The van der Waals surface area contributed by atoms with Gasteiger partial charge in [0.15, 0.2) is 5.76 Å². The van der Waals surface area contributed by atoms with Crippen molar-refractivity contribution in [3.63, 3.8) is 0 Å². The maximum atomic E-state index is 12.6. The minimum atomic E-state index is -0.0621. The molecule has 0 bridgehead atoms. The molecular formula is C22H26N2O4. The SMILES string of the molecule is O=C(c1cccc(OC[C@@H]2CCCN(C(=O)c3ccco3)C2)c1)N1CCCC1. The molecule has 28 heavy (non-hydrogen) atoms. The summed E-state index contributed by atoms with van der Waals surface area (Å²) in [5.74, 6) is 1.38. The first-order valence-electron chi connectivity index (χ1n) is 10.1. The van der Waals surface area contributed by atoms with Crippen LogP contribution in [-0.4, -0.2) is 54.4 Å². The summed E-state index contributed by atoms with van der Waals surface area (Å²) in [6, 6.07) is 10.9.